The number of thioether (sulfide) groups is 1. The summed E-state index contributed by atoms with van der Waals surface area (Å²) in [4.78, 5) is 20.5. The van der Waals surface area contributed by atoms with E-state index in [4.69, 9.17) is 0 Å². The van der Waals surface area contributed by atoms with Crippen LogP contribution in [0.2, 0.25) is 0 Å². The smallest absolute Gasteiger partial charge is 0.250 e. The Hall–Kier alpha value is -3.37. The molecule has 160 valence electrons. The molecule has 4 aromatic rings. The molecule has 0 bridgehead atoms. The van der Waals surface area contributed by atoms with E-state index < -0.39 is 0 Å². The average molecular weight is 508 g/mol. The van der Waals surface area contributed by atoms with Gasteiger partial charge in [0.15, 0.2) is 11.0 Å². The maximum Gasteiger partial charge on any atom is 0.250 e. The predicted octanol–water partition coefficient (Wildman–Crippen LogP) is 4.12. The van der Waals surface area contributed by atoms with Crippen LogP contribution >= 0.6 is 27.7 Å². The van der Waals surface area contributed by atoms with Gasteiger partial charge in [-0.3, -0.25) is 19.3 Å². The number of amides is 1. The van der Waals surface area contributed by atoms with Crippen LogP contribution in [-0.2, 0) is 4.79 Å². The molecule has 1 aromatic carbocycles. The van der Waals surface area contributed by atoms with Crippen molar-refractivity contribution in [2.45, 2.75) is 12.1 Å². The van der Waals surface area contributed by atoms with Gasteiger partial charge in [-0.15, -0.1) is 10.2 Å². The summed E-state index contributed by atoms with van der Waals surface area (Å²) >= 11 is 4.75. The molecule has 0 radical (unpaired) electrons. The minimum atomic E-state index is -0.242. The van der Waals surface area contributed by atoms with Crippen LogP contribution in [0.5, 0.6) is 0 Å². The fraction of sp³-hybridized carbons (Fsp3) is 0.0909. The second-order valence-corrected chi connectivity index (χ2v) is 8.47. The van der Waals surface area contributed by atoms with E-state index in [2.05, 4.69) is 46.6 Å². The molecule has 1 N–H and O–H groups in total. The number of nitrogens with one attached hydrogen (secondary N) is 1. The van der Waals surface area contributed by atoms with E-state index in [0.717, 1.165) is 21.3 Å². The molecule has 0 aliphatic carbocycles. The van der Waals surface area contributed by atoms with Crippen molar-refractivity contribution in [1.29, 1.82) is 0 Å². The van der Waals surface area contributed by atoms with Crippen molar-refractivity contribution < 1.29 is 4.79 Å². The number of rotatable bonds is 7. The topological polar surface area (TPSA) is 98.0 Å². The van der Waals surface area contributed by atoms with Gasteiger partial charge in [-0.25, -0.2) is 5.43 Å². The maximum absolute atomic E-state index is 12.4. The van der Waals surface area contributed by atoms with Crippen molar-refractivity contribution in [3.63, 3.8) is 0 Å². The summed E-state index contributed by atoms with van der Waals surface area (Å²) in [5.41, 5.74) is 5.87. The monoisotopic (exact) mass is 507 g/mol. The van der Waals surface area contributed by atoms with Crippen molar-refractivity contribution in [1.82, 2.24) is 30.2 Å². The molecule has 0 spiro atoms. The van der Waals surface area contributed by atoms with Gasteiger partial charge >= 0.3 is 0 Å². The second-order valence-electron chi connectivity index (χ2n) is 6.62. The van der Waals surface area contributed by atoms with Crippen LogP contribution < -0.4 is 5.43 Å². The standard InChI is InChI=1S/C22H18BrN7OS/c1-15(17-3-2-10-25-13-17)26-27-20(31)14-32-22-29-28-21(16-8-11-24-12-9-16)30(22)19-6-4-18(23)5-7-19/h2-13H,14H2,1H3,(H,27,31)/b26-15+. The van der Waals surface area contributed by atoms with Gasteiger partial charge in [0.05, 0.1) is 11.5 Å². The molecule has 0 aliphatic heterocycles. The lowest BCUT2D eigenvalue weighted by Gasteiger charge is -2.10. The molecule has 8 nitrogen and oxygen atoms in total. The number of carbonyl (C=O) groups is 1. The number of nitrogens with zero attached hydrogens (tertiary/aromatic N) is 6. The lowest BCUT2D eigenvalue weighted by molar-refractivity contribution is -0.118. The third-order valence-corrected chi connectivity index (χ3v) is 5.87. The Morgan fingerprint density at radius 1 is 1.06 bits per heavy atom. The molecule has 0 saturated carbocycles. The molecule has 10 heteroatoms. The highest BCUT2D eigenvalue weighted by Gasteiger charge is 2.17. The van der Waals surface area contributed by atoms with Gasteiger partial charge in [0, 0.05) is 46.1 Å². The Morgan fingerprint density at radius 3 is 2.56 bits per heavy atom. The Labute approximate surface area is 197 Å². The van der Waals surface area contributed by atoms with Crippen molar-refractivity contribution in [3.8, 4) is 17.1 Å². The van der Waals surface area contributed by atoms with Gasteiger partial charge < -0.3 is 0 Å². The third-order valence-electron chi connectivity index (χ3n) is 4.42. The number of hydrogen-bond donors (Lipinski definition) is 1. The molecule has 0 fully saturated rings. The van der Waals surface area contributed by atoms with Gasteiger partial charge in [-0.2, -0.15) is 5.10 Å². The lowest BCUT2D eigenvalue weighted by atomic mass is 10.2. The molecule has 0 saturated heterocycles. The van der Waals surface area contributed by atoms with Crippen molar-refractivity contribution >= 4 is 39.3 Å². The molecular formula is C22H18BrN7OS. The highest BCUT2D eigenvalue weighted by Crippen LogP contribution is 2.28. The minimum absolute atomic E-state index is 0.134. The molecular weight excluding hydrogens is 490 g/mol. The summed E-state index contributed by atoms with van der Waals surface area (Å²) in [6, 6.07) is 15.3. The Kier molecular flexibility index (Phi) is 7.03. The lowest BCUT2D eigenvalue weighted by Crippen LogP contribution is -2.21. The van der Waals surface area contributed by atoms with Crippen LogP contribution in [0.15, 0.2) is 88.0 Å². The summed E-state index contributed by atoms with van der Waals surface area (Å²) in [5.74, 6) is 0.562. The van der Waals surface area contributed by atoms with E-state index in [1.54, 1.807) is 24.8 Å². The Morgan fingerprint density at radius 2 is 1.84 bits per heavy atom. The number of halogens is 1. The number of hydrogen-bond acceptors (Lipinski definition) is 7. The zero-order valence-corrected chi connectivity index (χ0v) is 19.4. The number of pyridine rings is 2. The summed E-state index contributed by atoms with van der Waals surface area (Å²) < 4.78 is 2.89. The third kappa shape index (κ3) is 5.27. The number of benzene rings is 1. The molecule has 4 rings (SSSR count). The predicted molar refractivity (Wildman–Crippen MR) is 128 cm³/mol. The van der Waals surface area contributed by atoms with Crippen molar-refractivity contribution in [2.75, 3.05) is 5.75 Å². The van der Waals surface area contributed by atoms with Crippen LogP contribution in [0, 0.1) is 0 Å². The van der Waals surface area contributed by atoms with E-state index in [-0.39, 0.29) is 11.7 Å². The van der Waals surface area contributed by atoms with E-state index in [1.165, 1.54) is 11.8 Å². The summed E-state index contributed by atoms with van der Waals surface area (Å²) in [7, 11) is 0. The van der Waals surface area contributed by atoms with Crippen LogP contribution in [0.25, 0.3) is 17.1 Å². The van der Waals surface area contributed by atoms with Crippen LogP contribution in [0.3, 0.4) is 0 Å². The van der Waals surface area contributed by atoms with E-state index in [9.17, 15) is 4.79 Å². The zero-order chi connectivity index (χ0) is 22.3. The normalized spacial score (nSPS) is 11.4. The van der Waals surface area contributed by atoms with Gasteiger partial charge in [0.2, 0.25) is 0 Å². The average Bonchev–Trinajstić information content (AvgIpc) is 3.27. The maximum atomic E-state index is 12.4. The summed E-state index contributed by atoms with van der Waals surface area (Å²) in [6.45, 7) is 1.82. The van der Waals surface area contributed by atoms with Crippen LogP contribution in [0.1, 0.15) is 12.5 Å². The summed E-state index contributed by atoms with van der Waals surface area (Å²) in [5, 5.41) is 13.4. The Balaban J connectivity index is 1.53. The molecule has 0 unspecified atom stereocenters. The second kappa shape index (κ2) is 10.3. The van der Waals surface area contributed by atoms with Gasteiger partial charge in [0.1, 0.15) is 0 Å². The van der Waals surface area contributed by atoms with E-state index in [1.807, 2.05) is 60.0 Å². The molecule has 1 amide bonds. The summed E-state index contributed by atoms with van der Waals surface area (Å²) in [6.07, 6.45) is 6.80. The highest BCUT2D eigenvalue weighted by molar-refractivity contribution is 9.10. The Bertz CT molecular complexity index is 1230. The van der Waals surface area contributed by atoms with E-state index >= 15 is 0 Å². The minimum Gasteiger partial charge on any atom is -0.272 e. The van der Waals surface area contributed by atoms with Crippen molar-refractivity contribution in [3.05, 3.63) is 83.4 Å². The highest BCUT2D eigenvalue weighted by atomic mass is 79.9. The molecule has 0 atom stereocenters. The fourth-order valence-electron chi connectivity index (χ4n) is 2.82. The van der Waals surface area contributed by atoms with Crippen LogP contribution in [-0.4, -0.2) is 42.1 Å². The molecule has 0 aliphatic rings. The first-order valence-corrected chi connectivity index (χ1v) is 11.4. The fourth-order valence-corrected chi connectivity index (χ4v) is 3.83. The zero-order valence-electron chi connectivity index (χ0n) is 17.0. The number of carbonyl (C=O) groups excluding carboxylic acids is 1. The van der Waals surface area contributed by atoms with E-state index in [0.29, 0.717) is 16.7 Å². The number of aromatic nitrogens is 5. The van der Waals surface area contributed by atoms with Gasteiger partial charge in [-0.1, -0.05) is 33.8 Å². The van der Waals surface area contributed by atoms with Crippen molar-refractivity contribution in [2.24, 2.45) is 5.10 Å². The largest absolute Gasteiger partial charge is 0.272 e. The molecule has 32 heavy (non-hydrogen) atoms. The quantitative estimate of drug-likeness (QED) is 0.229. The first kappa shape index (κ1) is 21.8. The van der Waals surface area contributed by atoms with Gasteiger partial charge in [-0.05, 0) is 49.4 Å². The first-order valence-electron chi connectivity index (χ1n) is 9.60. The SMILES string of the molecule is C/C(=N\NC(=O)CSc1nnc(-c2ccncc2)n1-c1ccc(Br)cc1)c1cccnc1. The molecule has 3 aromatic heterocycles. The number of hydrazone groups is 1. The first-order chi connectivity index (χ1) is 15.6. The van der Waals surface area contributed by atoms with Gasteiger partial charge in [0.25, 0.3) is 5.91 Å². The molecule has 3 heterocycles. The van der Waals surface area contributed by atoms with Crippen LogP contribution in [0.4, 0.5) is 0 Å².